The third-order valence-electron chi connectivity index (χ3n) is 2.08. The molecule has 1 heterocycles. The summed E-state index contributed by atoms with van der Waals surface area (Å²) in [7, 11) is 1.06. The third kappa shape index (κ3) is 4.27. The fourth-order valence-corrected chi connectivity index (χ4v) is 1.26. The number of nitrogens with one attached hydrogen (secondary N) is 1. The number of H-pyrrole nitrogens is 1. The van der Waals surface area contributed by atoms with Crippen molar-refractivity contribution in [2.45, 2.75) is 19.5 Å². The Morgan fingerprint density at radius 3 is 2.53 bits per heavy atom. The first-order valence-corrected chi connectivity index (χ1v) is 4.90. The van der Waals surface area contributed by atoms with Gasteiger partial charge in [0, 0.05) is 5.56 Å². The van der Waals surface area contributed by atoms with E-state index < -0.39 is 42.4 Å². The number of alkyl halides is 4. The molecule has 0 unspecified atom stereocenters. The van der Waals surface area contributed by atoms with Crippen LogP contribution in [0.25, 0.3) is 0 Å². The molecule has 0 radical (unpaired) electrons. The summed E-state index contributed by atoms with van der Waals surface area (Å²) < 4.78 is 56.6. The molecule has 0 aliphatic rings. The predicted octanol–water partition coefficient (Wildman–Crippen LogP) is 1.46. The van der Waals surface area contributed by atoms with Gasteiger partial charge < -0.3 is 14.5 Å². The zero-order valence-electron chi connectivity index (χ0n) is 9.64. The Kier molecular flexibility index (Phi) is 4.52. The first kappa shape index (κ1) is 15.0. The van der Waals surface area contributed by atoms with Crippen LogP contribution in [0.1, 0.15) is 11.3 Å². The second kappa shape index (κ2) is 5.72. The highest BCUT2D eigenvalue weighted by Gasteiger charge is 2.32. The Morgan fingerprint density at radius 2 is 2.05 bits per heavy atom. The number of methoxy groups -OCH3 is 1. The molecule has 19 heavy (non-hydrogen) atoms. The highest BCUT2D eigenvalue weighted by atomic mass is 19.4. The number of aromatic nitrogens is 1. The van der Waals surface area contributed by atoms with Crippen LogP contribution in [0.2, 0.25) is 0 Å². The number of rotatable bonds is 4. The maximum absolute atomic E-state index is 12.5. The topological polar surface area (TPSA) is 68.4 Å². The van der Waals surface area contributed by atoms with E-state index in [1.807, 2.05) is 4.98 Å². The normalized spacial score (nSPS) is 11.2. The van der Waals surface area contributed by atoms with Gasteiger partial charge in [-0.05, 0) is 6.07 Å². The van der Waals surface area contributed by atoms with E-state index in [9.17, 15) is 27.2 Å². The van der Waals surface area contributed by atoms with E-state index in [1.165, 1.54) is 0 Å². The van der Waals surface area contributed by atoms with Gasteiger partial charge >= 0.3 is 12.3 Å². The molecule has 0 aliphatic carbocycles. The van der Waals surface area contributed by atoms with Crippen molar-refractivity contribution in [3.05, 3.63) is 27.7 Å². The van der Waals surface area contributed by atoms with Crippen molar-refractivity contribution in [1.29, 1.82) is 0 Å². The monoisotopic (exact) mass is 283 g/mol. The van der Waals surface area contributed by atoms with Crippen LogP contribution in [0, 0.1) is 0 Å². The maximum atomic E-state index is 12.5. The van der Waals surface area contributed by atoms with E-state index in [1.54, 1.807) is 0 Å². The number of pyridine rings is 1. The molecular weight excluding hydrogens is 274 g/mol. The number of aromatic amines is 1. The zero-order valence-corrected chi connectivity index (χ0v) is 9.64. The minimum atomic E-state index is -5.04. The molecule has 0 aliphatic heterocycles. The van der Waals surface area contributed by atoms with Crippen LogP contribution in [0.5, 0.6) is 5.75 Å². The van der Waals surface area contributed by atoms with Crippen LogP contribution >= 0.6 is 0 Å². The largest absolute Gasteiger partial charge is 0.573 e. The molecule has 9 heteroatoms. The predicted molar refractivity (Wildman–Crippen MR) is 54.3 cm³/mol. The van der Waals surface area contributed by atoms with Crippen molar-refractivity contribution >= 4 is 5.97 Å². The lowest BCUT2D eigenvalue weighted by Gasteiger charge is -2.12. The SMILES string of the molecule is COC(=O)Cc1cc(OC(F)(F)F)c(CF)[nH]c1=O. The Bertz CT molecular complexity index is 523. The summed E-state index contributed by atoms with van der Waals surface area (Å²) in [5.41, 5.74) is -1.85. The summed E-state index contributed by atoms with van der Waals surface area (Å²) in [5.74, 6) is -1.72. The second-order valence-electron chi connectivity index (χ2n) is 3.40. The summed E-state index contributed by atoms with van der Waals surface area (Å²) in [5, 5.41) is 0. The molecule has 0 saturated heterocycles. The second-order valence-corrected chi connectivity index (χ2v) is 3.40. The van der Waals surface area contributed by atoms with Gasteiger partial charge in [0.05, 0.1) is 19.2 Å². The van der Waals surface area contributed by atoms with Gasteiger partial charge in [-0.15, -0.1) is 13.2 Å². The van der Waals surface area contributed by atoms with Crippen molar-refractivity contribution in [3.63, 3.8) is 0 Å². The Morgan fingerprint density at radius 1 is 1.42 bits per heavy atom. The minimum absolute atomic E-state index is 0.316. The molecule has 0 bridgehead atoms. The van der Waals surface area contributed by atoms with Crippen molar-refractivity contribution in [2.75, 3.05) is 7.11 Å². The average Bonchev–Trinajstić information content (AvgIpc) is 2.30. The molecule has 1 aromatic heterocycles. The Balaban J connectivity index is 3.18. The quantitative estimate of drug-likeness (QED) is 0.671. The molecular formula is C10H9F4NO4. The summed E-state index contributed by atoms with van der Waals surface area (Å²) in [6.45, 7) is -1.35. The Labute approximate surface area is 104 Å². The number of carbonyl (C=O) groups is 1. The summed E-state index contributed by atoms with van der Waals surface area (Å²) in [6.07, 6.45) is -5.59. The highest BCUT2D eigenvalue weighted by molar-refractivity contribution is 5.72. The number of hydrogen-bond donors (Lipinski definition) is 1. The van der Waals surface area contributed by atoms with Crippen molar-refractivity contribution < 1.29 is 31.8 Å². The zero-order chi connectivity index (χ0) is 14.6. The first-order valence-electron chi connectivity index (χ1n) is 4.90. The van der Waals surface area contributed by atoms with Crippen LogP contribution in [-0.2, 0) is 22.6 Å². The molecule has 1 aromatic rings. The number of halogens is 4. The van der Waals surface area contributed by atoms with Gasteiger partial charge in [-0.25, -0.2) is 4.39 Å². The van der Waals surface area contributed by atoms with E-state index in [0.717, 1.165) is 7.11 Å². The fraction of sp³-hybridized carbons (Fsp3) is 0.400. The number of hydrogen-bond acceptors (Lipinski definition) is 4. The fourth-order valence-electron chi connectivity index (χ4n) is 1.26. The third-order valence-corrected chi connectivity index (χ3v) is 2.08. The number of esters is 1. The van der Waals surface area contributed by atoms with E-state index in [-0.39, 0.29) is 5.56 Å². The lowest BCUT2D eigenvalue weighted by atomic mass is 10.2. The molecule has 0 saturated carbocycles. The van der Waals surface area contributed by atoms with Crippen LogP contribution < -0.4 is 10.3 Å². The first-order chi connectivity index (χ1) is 8.76. The summed E-state index contributed by atoms with van der Waals surface area (Å²) >= 11 is 0. The molecule has 0 aromatic carbocycles. The smallest absolute Gasteiger partial charge is 0.469 e. The van der Waals surface area contributed by atoms with E-state index in [2.05, 4.69) is 9.47 Å². The lowest BCUT2D eigenvalue weighted by Crippen LogP contribution is -2.23. The highest BCUT2D eigenvalue weighted by Crippen LogP contribution is 2.25. The van der Waals surface area contributed by atoms with Gasteiger partial charge in [0.1, 0.15) is 6.67 Å². The standard InChI is InChI=1S/C10H9F4NO4/c1-18-8(16)3-5-2-7(19-10(12,13)14)6(4-11)15-9(5)17/h2H,3-4H2,1H3,(H,15,17). The van der Waals surface area contributed by atoms with E-state index in [4.69, 9.17) is 0 Å². The van der Waals surface area contributed by atoms with Crippen LogP contribution in [-0.4, -0.2) is 24.4 Å². The van der Waals surface area contributed by atoms with Crippen LogP contribution in [0.15, 0.2) is 10.9 Å². The number of carbonyl (C=O) groups excluding carboxylic acids is 1. The van der Waals surface area contributed by atoms with Gasteiger partial charge in [-0.2, -0.15) is 0 Å². The maximum Gasteiger partial charge on any atom is 0.573 e. The van der Waals surface area contributed by atoms with Gasteiger partial charge in [-0.1, -0.05) is 0 Å². The van der Waals surface area contributed by atoms with E-state index >= 15 is 0 Å². The van der Waals surface area contributed by atoms with Crippen molar-refractivity contribution in [3.8, 4) is 5.75 Å². The molecule has 0 atom stereocenters. The summed E-state index contributed by atoms with van der Waals surface area (Å²) in [6, 6.07) is 0.665. The van der Waals surface area contributed by atoms with Gasteiger partial charge in [0.2, 0.25) is 0 Å². The molecule has 1 rings (SSSR count). The van der Waals surface area contributed by atoms with Crippen molar-refractivity contribution in [2.24, 2.45) is 0 Å². The lowest BCUT2D eigenvalue weighted by molar-refractivity contribution is -0.275. The summed E-state index contributed by atoms with van der Waals surface area (Å²) in [4.78, 5) is 24.3. The molecule has 106 valence electrons. The molecule has 0 fully saturated rings. The Hall–Kier alpha value is -2.06. The minimum Gasteiger partial charge on any atom is -0.469 e. The van der Waals surface area contributed by atoms with Gasteiger partial charge in [0.25, 0.3) is 5.56 Å². The van der Waals surface area contributed by atoms with Gasteiger partial charge in [0.15, 0.2) is 5.75 Å². The molecule has 0 amide bonds. The van der Waals surface area contributed by atoms with E-state index in [0.29, 0.717) is 6.07 Å². The van der Waals surface area contributed by atoms with Crippen molar-refractivity contribution in [1.82, 2.24) is 4.98 Å². The molecule has 0 spiro atoms. The van der Waals surface area contributed by atoms with Crippen LogP contribution in [0.3, 0.4) is 0 Å². The number of ether oxygens (including phenoxy) is 2. The molecule has 1 N–H and O–H groups in total. The van der Waals surface area contributed by atoms with Gasteiger partial charge in [-0.3, -0.25) is 9.59 Å². The van der Waals surface area contributed by atoms with Crippen LogP contribution in [0.4, 0.5) is 17.6 Å². The molecule has 5 nitrogen and oxygen atoms in total. The average molecular weight is 283 g/mol.